The fourth-order valence-electron chi connectivity index (χ4n) is 2.60. The number of sulfone groups is 1. The van der Waals surface area contributed by atoms with Gasteiger partial charge < -0.3 is 9.47 Å². The van der Waals surface area contributed by atoms with Gasteiger partial charge in [0.2, 0.25) is 0 Å². The van der Waals surface area contributed by atoms with Gasteiger partial charge in [-0.15, -0.1) is 0 Å². The second-order valence-electron chi connectivity index (χ2n) is 5.08. The molecule has 20 heavy (non-hydrogen) atoms. The van der Waals surface area contributed by atoms with Gasteiger partial charge in [0, 0.05) is 15.9 Å². The van der Waals surface area contributed by atoms with E-state index in [1.807, 2.05) is 6.07 Å². The van der Waals surface area contributed by atoms with Gasteiger partial charge in [-0.25, -0.2) is 8.42 Å². The summed E-state index contributed by atoms with van der Waals surface area (Å²) in [7, 11) is -2.91. The third kappa shape index (κ3) is 2.78. The molecule has 0 saturated carbocycles. The van der Waals surface area contributed by atoms with Crippen LogP contribution in [0.4, 0.5) is 0 Å². The first-order valence-corrected chi connectivity index (χ1v) is 9.51. The molecule has 0 bridgehead atoms. The van der Waals surface area contributed by atoms with Gasteiger partial charge in [0.25, 0.3) is 0 Å². The number of rotatable bonds is 2. The van der Waals surface area contributed by atoms with Crippen LogP contribution in [0.25, 0.3) is 0 Å². The van der Waals surface area contributed by atoms with Crippen LogP contribution in [-0.4, -0.2) is 33.1 Å². The maximum Gasteiger partial charge on any atom is 0.162 e. The van der Waals surface area contributed by atoms with Gasteiger partial charge in [-0.3, -0.25) is 0 Å². The van der Waals surface area contributed by atoms with Crippen LogP contribution in [0.1, 0.15) is 16.8 Å². The Morgan fingerprint density at radius 1 is 1.25 bits per heavy atom. The largest absolute Gasteiger partial charge is 0.486 e. The highest BCUT2D eigenvalue weighted by Gasteiger charge is 2.34. The Labute approximate surface area is 131 Å². The van der Waals surface area contributed by atoms with E-state index in [0.29, 0.717) is 36.2 Å². The van der Waals surface area contributed by atoms with Crippen molar-refractivity contribution in [3.05, 3.63) is 22.7 Å². The molecule has 0 amide bonds. The standard InChI is InChI=1S/C13H14BrClO4S/c14-13(8-1-4-20(16,17)7-8)9-5-11-12(6-10(9)15)19-3-2-18-11/h5-6,8,13H,1-4,7H2. The molecule has 0 spiro atoms. The number of benzene rings is 1. The highest BCUT2D eigenvalue weighted by Crippen LogP contribution is 2.45. The third-order valence-corrected chi connectivity index (χ3v) is 7.00. The van der Waals surface area contributed by atoms with Gasteiger partial charge in [0.05, 0.1) is 11.5 Å². The van der Waals surface area contributed by atoms with Gasteiger partial charge in [-0.1, -0.05) is 27.5 Å². The summed E-state index contributed by atoms with van der Waals surface area (Å²) < 4.78 is 34.2. The molecule has 7 heteroatoms. The second-order valence-corrected chi connectivity index (χ2v) is 8.70. The Kier molecular flexibility index (Phi) is 3.90. The molecular weight excluding hydrogens is 368 g/mol. The average Bonchev–Trinajstić information content (AvgIpc) is 2.77. The molecule has 1 aromatic rings. The van der Waals surface area contributed by atoms with Crippen molar-refractivity contribution in [2.24, 2.45) is 5.92 Å². The number of halogens is 2. The Morgan fingerprint density at radius 2 is 1.90 bits per heavy atom. The molecule has 2 heterocycles. The van der Waals surface area contributed by atoms with Crippen molar-refractivity contribution in [2.75, 3.05) is 24.7 Å². The summed E-state index contributed by atoms with van der Waals surface area (Å²) in [5.41, 5.74) is 0.859. The number of hydrogen-bond acceptors (Lipinski definition) is 4. The van der Waals surface area contributed by atoms with Crippen molar-refractivity contribution in [3.63, 3.8) is 0 Å². The first kappa shape index (κ1) is 14.5. The predicted octanol–water partition coefficient (Wildman–Crippen LogP) is 2.98. The van der Waals surface area contributed by atoms with Crippen molar-refractivity contribution in [2.45, 2.75) is 11.2 Å². The summed E-state index contributed by atoms with van der Waals surface area (Å²) in [4.78, 5) is -0.0944. The lowest BCUT2D eigenvalue weighted by Gasteiger charge is -2.23. The molecule has 0 aromatic heterocycles. The SMILES string of the molecule is O=S1(=O)CCC(C(Br)c2cc3c(cc2Cl)OCCO3)C1. The molecule has 1 aromatic carbocycles. The van der Waals surface area contributed by atoms with Crippen LogP contribution in [0, 0.1) is 5.92 Å². The van der Waals surface area contributed by atoms with E-state index in [2.05, 4.69) is 15.9 Å². The lowest BCUT2D eigenvalue weighted by atomic mass is 9.98. The van der Waals surface area contributed by atoms with Gasteiger partial charge >= 0.3 is 0 Å². The molecule has 0 N–H and O–H groups in total. The third-order valence-electron chi connectivity index (χ3n) is 3.64. The number of ether oxygens (including phenoxy) is 2. The number of hydrogen-bond donors (Lipinski definition) is 0. The minimum Gasteiger partial charge on any atom is -0.486 e. The van der Waals surface area contributed by atoms with E-state index in [0.717, 1.165) is 5.56 Å². The topological polar surface area (TPSA) is 52.6 Å². The van der Waals surface area contributed by atoms with Crippen molar-refractivity contribution in [3.8, 4) is 11.5 Å². The maximum absolute atomic E-state index is 11.6. The molecule has 0 aliphatic carbocycles. The van der Waals surface area contributed by atoms with Crippen LogP contribution < -0.4 is 9.47 Å². The lowest BCUT2D eigenvalue weighted by Crippen LogP contribution is -2.16. The van der Waals surface area contributed by atoms with E-state index in [1.165, 1.54) is 0 Å². The molecule has 2 atom stereocenters. The van der Waals surface area contributed by atoms with Crippen molar-refractivity contribution in [1.82, 2.24) is 0 Å². The first-order chi connectivity index (χ1) is 9.46. The number of alkyl halides is 1. The zero-order chi connectivity index (χ0) is 14.3. The van der Waals surface area contributed by atoms with E-state index in [-0.39, 0.29) is 22.3 Å². The second kappa shape index (κ2) is 5.39. The summed E-state index contributed by atoms with van der Waals surface area (Å²) in [6, 6.07) is 3.59. The summed E-state index contributed by atoms with van der Waals surface area (Å²) >= 11 is 9.89. The van der Waals surface area contributed by atoms with Gasteiger partial charge in [0.15, 0.2) is 21.3 Å². The molecule has 4 nitrogen and oxygen atoms in total. The molecule has 1 saturated heterocycles. The molecule has 2 aliphatic rings. The molecule has 2 aliphatic heterocycles. The quantitative estimate of drug-likeness (QED) is 0.739. The maximum atomic E-state index is 11.6. The molecule has 110 valence electrons. The molecule has 3 rings (SSSR count). The lowest BCUT2D eigenvalue weighted by molar-refractivity contribution is 0.171. The summed E-state index contributed by atoms with van der Waals surface area (Å²) in [5, 5.41) is 0.570. The van der Waals surface area contributed by atoms with Crippen molar-refractivity contribution >= 4 is 37.4 Å². The van der Waals surface area contributed by atoms with E-state index in [4.69, 9.17) is 21.1 Å². The Hall–Kier alpha value is -0.460. The zero-order valence-electron chi connectivity index (χ0n) is 10.6. The summed E-state index contributed by atoms with van der Waals surface area (Å²) in [6.45, 7) is 1.03. The van der Waals surface area contributed by atoms with Crippen molar-refractivity contribution < 1.29 is 17.9 Å². The fraction of sp³-hybridized carbons (Fsp3) is 0.538. The monoisotopic (exact) mass is 380 g/mol. The minimum atomic E-state index is -2.91. The Balaban J connectivity index is 1.90. The summed E-state index contributed by atoms with van der Waals surface area (Å²) in [6.07, 6.45) is 0.656. The smallest absolute Gasteiger partial charge is 0.162 e. The molecule has 0 radical (unpaired) electrons. The van der Waals surface area contributed by atoms with Gasteiger partial charge in [-0.05, 0) is 24.0 Å². The van der Waals surface area contributed by atoms with Gasteiger partial charge in [-0.2, -0.15) is 0 Å². The van der Waals surface area contributed by atoms with Crippen molar-refractivity contribution in [1.29, 1.82) is 0 Å². The zero-order valence-corrected chi connectivity index (χ0v) is 13.8. The highest BCUT2D eigenvalue weighted by atomic mass is 79.9. The average molecular weight is 382 g/mol. The first-order valence-electron chi connectivity index (χ1n) is 6.40. The minimum absolute atomic E-state index is 0.0417. The van der Waals surface area contributed by atoms with Crippen LogP contribution in [0.5, 0.6) is 11.5 Å². The Bertz CT molecular complexity index is 632. The molecule has 2 unspecified atom stereocenters. The van der Waals surface area contributed by atoms with Crippen LogP contribution in [0.15, 0.2) is 12.1 Å². The summed E-state index contributed by atoms with van der Waals surface area (Å²) in [5.74, 6) is 1.81. The van der Waals surface area contributed by atoms with Crippen LogP contribution >= 0.6 is 27.5 Å². The van der Waals surface area contributed by atoms with E-state index in [9.17, 15) is 8.42 Å². The van der Waals surface area contributed by atoms with Gasteiger partial charge in [0.1, 0.15) is 13.2 Å². The van der Waals surface area contributed by atoms with E-state index in [1.54, 1.807) is 6.07 Å². The fourth-order valence-corrected chi connectivity index (χ4v) is 5.92. The molecular formula is C13H14BrClO4S. The van der Waals surface area contributed by atoms with Crippen LogP contribution in [0.3, 0.4) is 0 Å². The highest BCUT2D eigenvalue weighted by molar-refractivity contribution is 9.09. The van der Waals surface area contributed by atoms with Crippen LogP contribution in [-0.2, 0) is 9.84 Å². The predicted molar refractivity (Wildman–Crippen MR) is 80.9 cm³/mol. The van der Waals surface area contributed by atoms with E-state index >= 15 is 0 Å². The number of fused-ring (bicyclic) bond motifs is 1. The normalized spacial score (nSPS) is 25.4. The molecule has 1 fully saturated rings. The van der Waals surface area contributed by atoms with Crippen LogP contribution in [0.2, 0.25) is 5.02 Å². The van der Waals surface area contributed by atoms with E-state index < -0.39 is 9.84 Å². The Morgan fingerprint density at radius 3 is 2.50 bits per heavy atom.